The van der Waals surface area contributed by atoms with Gasteiger partial charge in [-0.15, -0.1) is 11.3 Å². The molecule has 1 rings (SSSR count). The second-order valence-electron chi connectivity index (χ2n) is 4.89. The van der Waals surface area contributed by atoms with Crippen molar-refractivity contribution in [1.82, 2.24) is 4.98 Å². The first kappa shape index (κ1) is 13.5. The van der Waals surface area contributed by atoms with Crippen LogP contribution in [0.3, 0.4) is 0 Å². The lowest BCUT2D eigenvalue weighted by Crippen LogP contribution is -2.22. The SMILES string of the molecule is CCN(CC)c1nc(C(C)(C)C)c(CN)s1. The van der Waals surface area contributed by atoms with E-state index in [9.17, 15) is 0 Å². The second-order valence-corrected chi connectivity index (χ2v) is 5.96. The Morgan fingerprint density at radius 2 is 1.81 bits per heavy atom. The van der Waals surface area contributed by atoms with Gasteiger partial charge in [0.1, 0.15) is 0 Å². The van der Waals surface area contributed by atoms with E-state index >= 15 is 0 Å². The molecule has 16 heavy (non-hydrogen) atoms. The Morgan fingerprint density at radius 1 is 1.25 bits per heavy atom. The summed E-state index contributed by atoms with van der Waals surface area (Å²) in [5, 5.41) is 1.11. The molecule has 2 N–H and O–H groups in total. The van der Waals surface area contributed by atoms with Gasteiger partial charge in [0, 0.05) is 29.9 Å². The van der Waals surface area contributed by atoms with E-state index in [1.165, 1.54) is 4.88 Å². The highest BCUT2D eigenvalue weighted by molar-refractivity contribution is 7.15. The van der Waals surface area contributed by atoms with Crippen molar-refractivity contribution >= 4 is 16.5 Å². The zero-order chi connectivity index (χ0) is 12.3. The predicted octanol–water partition coefficient (Wildman–Crippen LogP) is 2.75. The van der Waals surface area contributed by atoms with Gasteiger partial charge in [0.2, 0.25) is 0 Å². The molecule has 1 aromatic rings. The molecule has 0 saturated heterocycles. The number of nitrogens with two attached hydrogens (primary N) is 1. The van der Waals surface area contributed by atoms with E-state index in [1.54, 1.807) is 11.3 Å². The van der Waals surface area contributed by atoms with Gasteiger partial charge < -0.3 is 10.6 Å². The Hall–Kier alpha value is -0.610. The first-order valence-corrected chi connectivity index (χ1v) is 6.70. The largest absolute Gasteiger partial charge is 0.349 e. The van der Waals surface area contributed by atoms with E-state index in [2.05, 4.69) is 39.5 Å². The summed E-state index contributed by atoms with van der Waals surface area (Å²) in [4.78, 5) is 8.25. The molecule has 0 unspecified atom stereocenters. The predicted molar refractivity (Wildman–Crippen MR) is 72.3 cm³/mol. The molecule has 0 amide bonds. The van der Waals surface area contributed by atoms with Crippen molar-refractivity contribution < 1.29 is 0 Å². The van der Waals surface area contributed by atoms with Crippen molar-refractivity contribution in [2.75, 3.05) is 18.0 Å². The number of hydrogen-bond acceptors (Lipinski definition) is 4. The van der Waals surface area contributed by atoms with Crippen LogP contribution < -0.4 is 10.6 Å². The fraction of sp³-hybridized carbons (Fsp3) is 0.750. The molecule has 1 heterocycles. The van der Waals surface area contributed by atoms with Crippen LogP contribution in [0, 0.1) is 0 Å². The van der Waals surface area contributed by atoms with Gasteiger partial charge in [-0.3, -0.25) is 0 Å². The zero-order valence-electron chi connectivity index (χ0n) is 11.0. The van der Waals surface area contributed by atoms with E-state index in [0.717, 1.165) is 23.9 Å². The van der Waals surface area contributed by atoms with Gasteiger partial charge in [-0.05, 0) is 13.8 Å². The standard InChI is InChI=1S/C12H23N3S/c1-6-15(7-2)11-14-10(12(3,4)5)9(8-13)16-11/h6-8,13H2,1-5H3. The van der Waals surface area contributed by atoms with Gasteiger partial charge in [0.05, 0.1) is 5.69 Å². The smallest absolute Gasteiger partial charge is 0.185 e. The topological polar surface area (TPSA) is 42.2 Å². The molecule has 0 saturated carbocycles. The molecule has 4 heteroatoms. The molecule has 0 radical (unpaired) electrons. The van der Waals surface area contributed by atoms with Crippen LogP contribution in [0.4, 0.5) is 5.13 Å². The second kappa shape index (κ2) is 5.15. The fourth-order valence-electron chi connectivity index (χ4n) is 1.69. The van der Waals surface area contributed by atoms with Crippen molar-refractivity contribution in [2.24, 2.45) is 5.73 Å². The third kappa shape index (κ3) is 2.74. The molecule has 0 spiro atoms. The monoisotopic (exact) mass is 241 g/mol. The zero-order valence-corrected chi connectivity index (χ0v) is 11.8. The number of hydrogen-bond donors (Lipinski definition) is 1. The van der Waals surface area contributed by atoms with Crippen LogP contribution in [0.1, 0.15) is 45.2 Å². The molecule has 0 aromatic carbocycles. The summed E-state index contributed by atoms with van der Waals surface area (Å²) in [5.74, 6) is 0. The molecular formula is C12H23N3S. The molecule has 0 bridgehead atoms. The van der Waals surface area contributed by atoms with Crippen molar-refractivity contribution in [2.45, 2.75) is 46.6 Å². The third-order valence-corrected chi connectivity index (χ3v) is 3.75. The van der Waals surface area contributed by atoms with Gasteiger partial charge in [-0.25, -0.2) is 4.98 Å². The number of aromatic nitrogens is 1. The van der Waals surface area contributed by atoms with Gasteiger partial charge in [0.25, 0.3) is 0 Å². The van der Waals surface area contributed by atoms with Crippen LogP contribution in [0.15, 0.2) is 0 Å². The molecule has 3 nitrogen and oxygen atoms in total. The molecular weight excluding hydrogens is 218 g/mol. The Balaban J connectivity index is 3.12. The van der Waals surface area contributed by atoms with E-state index in [4.69, 9.17) is 10.7 Å². The lowest BCUT2D eigenvalue weighted by Gasteiger charge is -2.18. The Bertz CT molecular complexity index is 335. The summed E-state index contributed by atoms with van der Waals surface area (Å²) in [6, 6.07) is 0. The summed E-state index contributed by atoms with van der Waals surface area (Å²) < 4.78 is 0. The molecule has 1 aromatic heterocycles. The van der Waals surface area contributed by atoms with Crippen molar-refractivity contribution in [1.29, 1.82) is 0 Å². The van der Waals surface area contributed by atoms with Crippen molar-refractivity contribution in [3.63, 3.8) is 0 Å². The van der Waals surface area contributed by atoms with Crippen LogP contribution in [0.5, 0.6) is 0 Å². The molecule has 0 atom stereocenters. The summed E-state index contributed by atoms with van der Waals surface area (Å²) in [5.41, 5.74) is 7.03. The van der Waals surface area contributed by atoms with Crippen molar-refractivity contribution in [3.05, 3.63) is 10.6 Å². The van der Waals surface area contributed by atoms with Crippen molar-refractivity contribution in [3.8, 4) is 0 Å². The maximum Gasteiger partial charge on any atom is 0.185 e. The van der Waals surface area contributed by atoms with E-state index in [-0.39, 0.29) is 5.41 Å². The van der Waals surface area contributed by atoms with Gasteiger partial charge >= 0.3 is 0 Å². The van der Waals surface area contributed by atoms with Crippen LogP contribution in [0.2, 0.25) is 0 Å². The minimum Gasteiger partial charge on any atom is -0.349 e. The quantitative estimate of drug-likeness (QED) is 0.881. The van der Waals surface area contributed by atoms with E-state index < -0.39 is 0 Å². The highest BCUT2D eigenvalue weighted by Crippen LogP contribution is 2.33. The van der Waals surface area contributed by atoms with E-state index in [1.807, 2.05) is 0 Å². The maximum atomic E-state index is 5.80. The van der Waals surface area contributed by atoms with Gasteiger partial charge in [0.15, 0.2) is 5.13 Å². The summed E-state index contributed by atoms with van der Waals surface area (Å²) in [7, 11) is 0. The Morgan fingerprint density at radius 3 is 2.12 bits per heavy atom. The van der Waals surface area contributed by atoms with E-state index in [0.29, 0.717) is 6.54 Å². The first-order chi connectivity index (χ1) is 7.43. The minimum atomic E-state index is 0.0800. The molecule has 0 aliphatic rings. The lowest BCUT2D eigenvalue weighted by molar-refractivity contribution is 0.566. The highest BCUT2D eigenvalue weighted by Gasteiger charge is 2.23. The van der Waals surface area contributed by atoms with Gasteiger partial charge in [-0.2, -0.15) is 0 Å². The molecule has 0 fully saturated rings. The summed E-state index contributed by atoms with van der Waals surface area (Å²) in [6.45, 7) is 13.5. The number of anilines is 1. The van der Waals surface area contributed by atoms with Crippen LogP contribution in [0.25, 0.3) is 0 Å². The maximum absolute atomic E-state index is 5.80. The highest BCUT2D eigenvalue weighted by atomic mass is 32.1. The first-order valence-electron chi connectivity index (χ1n) is 5.89. The number of thiazole rings is 1. The lowest BCUT2D eigenvalue weighted by atomic mass is 9.91. The summed E-state index contributed by atoms with van der Waals surface area (Å²) in [6.07, 6.45) is 0. The molecule has 0 aliphatic carbocycles. The van der Waals surface area contributed by atoms with Gasteiger partial charge in [-0.1, -0.05) is 20.8 Å². The third-order valence-electron chi connectivity index (χ3n) is 2.62. The average molecular weight is 241 g/mol. The minimum absolute atomic E-state index is 0.0800. The van der Waals surface area contributed by atoms with Crippen LogP contribution in [-0.4, -0.2) is 18.1 Å². The van der Waals surface area contributed by atoms with Crippen LogP contribution >= 0.6 is 11.3 Å². The fourth-order valence-corrected chi connectivity index (χ4v) is 2.97. The molecule has 92 valence electrons. The Kier molecular flexibility index (Phi) is 4.33. The normalized spacial score (nSPS) is 11.9. The number of nitrogens with zero attached hydrogens (tertiary/aromatic N) is 2. The molecule has 0 aliphatic heterocycles. The van der Waals surface area contributed by atoms with Crippen LogP contribution in [-0.2, 0) is 12.0 Å². The summed E-state index contributed by atoms with van der Waals surface area (Å²) >= 11 is 1.73. The number of rotatable bonds is 4. The average Bonchev–Trinajstić information content (AvgIpc) is 2.63. The Labute approximate surface area is 103 Å².